The Morgan fingerprint density at radius 2 is 1.94 bits per heavy atom. The first-order valence-electron chi connectivity index (χ1n) is 6.48. The van der Waals surface area contributed by atoms with Gasteiger partial charge in [-0.15, -0.1) is 0 Å². The smallest absolute Gasteiger partial charge is 0.122 e. The number of hydrogen-bond acceptors (Lipinski definition) is 2. The minimum atomic E-state index is 0.399. The molecule has 0 aromatic heterocycles. The van der Waals surface area contributed by atoms with Crippen LogP contribution in [0.3, 0.4) is 0 Å². The summed E-state index contributed by atoms with van der Waals surface area (Å²) in [5, 5.41) is 3.41. The van der Waals surface area contributed by atoms with E-state index in [2.05, 4.69) is 55.0 Å². The second kappa shape index (κ2) is 7.15. The highest BCUT2D eigenvalue weighted by Crippen LogP contribution is 2.22. The second-order valence-corrected chi connectivity index (χ2v) is 6.73. The van der Waals surface area contributed by atoms with E-state index in [1.165, 1.54) is 12.0 Å². The van der Waals surface area contributed by atoms with Crippen molar-refractivity contribution in [2.75, 3.05) is 19.7 Å². The van der Waals surface area contributed by atoms with E-state index in [4.69, 9.17) is 4.74 Å². The molecule has 1 aromatic rings. The average molecular weight is 314 g/mol. The van der Waals surface area contributed by atoms with Gasteiger partial charge >= 0.3 is 0 Å². The summed E-state index contributed by atoms with van der Waals surface area (Å²) in [5.74, 6) is 0.968. The van der Waals surface area contributed by atoms with Crippen LogP contribution in [0, 0.1) is 12.3 Å². The van der Waals surface area contributed by atoms with Crippen LogP contribution in [0.1, 0.15) is 32.8 Å². The third kappa shape index (κ3) is 6.41. The molecule has 1 N–H and O–H groups in total. The first kappa shape index (κ1) is 15.5. The van der Waals surface area contributed by atoms with Crippen LogP contribution in [-0.2, 0) is 0 Å². The second-order valence-electron chi connectivity index (χ2n) is 5.82. The molecule has 0 bridgehead atoms. The molecular weight excluding hydrogens is 290 g/mol. The summed E-state index contributed by atoms with van der Waals surface area (Å²) >= 11 is 3.45. The van der Waals surface area contributed by atoms with Gasteiger partial charge in [0.15, 0.2) is 0 Å². The topological polar surface area (TPSA) is 21.3 Å². The number of rotatable bonds is 6. The van der Waals surface area contributed by atoms with E-state index in [1.807, 2.05) is 12.1 Å². The van der Waals surface area contributed by atoms with Crippen molar-refractivity contribution in [1.29, 1.82) is 0 Å². The van der Waals surface area contributed by atoms with Gasteiger partial charge in [-0.25, -0.2) is 0 Å². The molecule has 0 atom stereocenters. The molecule has 1 rings (SSSR count). The fourth-order valence-corrected chi connectivity index (χ4v) is 2.07. The Kier molecular flexibility index (Phi) is 6.16. The highest BCUT2D eigenvalue weighted by atomic mass is 79.9. The summed E-state index contributed by atoms with van der Waals surface area (Å²) < 4.78 is 6.83. The molecule has 0 aliphatic rings. The van der Waals surface area contributed by atoms with Crippen molar-refractivity contribution in [1.82, 2.24) is 5.32 Å². The van der Waals surface area contributed by atoms with Gasteiger partial charge in [0.1, 0.15) is 12.4 Å². The lowest BCUT2D eigenvalue weighted by atomic mass is 9.92. The molecule has 0 aliphatic carbocycles. The zero-order valence-corrected chi connectivity index (χ0v) is 13.4. The highest BCUT2D eigenvalue weighted by Gasteiger charge is 2.08. The number of nitrogens with one attached hydrogen (secondary N) is 1. The number of aryl methyl sites for hydroxylation is 1. The Hall–Kier alpha value is -0.540. The van der Waals surface area contributed by atoms with Crippen molar-refractivity contribution in [3.05, 3.63) is 28.2 Å². The monoisotopic (exact) mass is 313 g/mol. The van der Waals surface area contributed by atoms with Crippen LogP contribution in [0.2, 0.25) is 0 Å². The Bertz CT molecular complexity index is 371. The standard InChI is InChI=1S/C15H24BrNO/c1-12-11-13(16)5-6-14(12)18-10-9-17-8-7-15(2,3)4/h5-6,11,17H,7-10H2,1-4H3. The lowest BCUT2D eigenvalue weighted by Gasteiger charge is -2.18. The first-order valence-corrected chi connectivity index (χ1v) is 7.27. The SMILES string of the molecule is Cc1cc(Br)ccc1OCCNCCC(C)(C)C. The summed E-state index contributed by atoms with van der Waals surface area (Å²) in [4.78, 5) is 0. The molecule has 0 unspecified atom stereocenters. The lowest BCUT2D eigenvalue weighted by Crippen LogP contribution is -2.25. The lowest BCUT2D eigenvalue weighted by molar-refractivity contribution is 0.302. The van der Waals surface area contributed by atoms with Gasteiger partial charge in [-0.1, -0.05) is 36.7 Å². The zero-order valence-electron chi connectivity index (χ0n) is 11.8. The van der Waals surface area contributed by atoms with Gasteiger partial charge in [0.25, 0.3) is 0 Å². The van der Waals surface area contributed by atoms with Crippen LogP contribution < -0.4 is 10.1 Å². The van der Waals surface area contributed by atoms with Crippen LogP contribution in [-0.4, -0.2) is 19.7 Å². The molecule has 0 radical (unpaired) electrons. The molecule has 102 valence electrons. The number of hydrogen-bond donors (Lipinski definition) is 1. The van der Waals surface area contributed by atoms with E-state index in [0.29, 0.717) is 12.0 Å². The molecule has 0 saturated heterocycles. The Labute approximate surface area is 119 Å². The van der Waals surface area contributed by atoms with Gasteiger partial charge in [-0.3, -0.25) is 0 Å². The summed E-state index contributed by atoms with van der Waals surface area (Å²) in [6, 6.07) is 6.09. The van der Waals surface area contributed by atoms with Gasteiger partial charge in [0.05, 0.1) is 0 Å². The van der Waals surface area contributed by atoms with E-state index >= 15 is 0 Å². The van der Waals surface area contributed by atoms with E-state index in [1.54, 1.807) is 0 Å². The van der Waals surface area contributed by atoms with Crippen LogP contribution in [0.15, 0.2) is 22.7 Å². The Morgan fingerprint density at radius 1 is 1.22 bits per heavy atom. The number of benzene rings is 1. The van der Waals surface area contributed by atoms with Crippen LogP contribution in [0.25, 0.3) is 0 Å². The predicted molar refractivity (Wildman–Crippen MR) is 81.3 cm³/mol. The van der Waals surface area contributed by atoms with Gasteiger partial charge < -0.3 is 10.1 Å². The van der Waals surface area contributed by atoms with Crippen LogP contribution in [0.5, 0.6) is 5.75 Å². The fourth-order valence-electron chi connectivity index (χ4n) is 1.60. The Balaban J connectivity index is 2.18. The van der Waals surface area contributed by atoms with Gasteiger partial charge in [0.2, 0.25) is 0 Å². The van der Waals surface area contributed by atoms with Crippen molar-refractivity contribution < 1.29 is 4.74 Å². The molecular formula is C15H24BrNO. The maximum Gasteiger partial charge on any atom is 0.122 e. The molecule has 2 nitrogen and oxygen atoms in total. The summed E-state index contributed by atoms with van der Waals surface area (Å²) in [6.07, 6.45) is 1.18. The quantitative estimate of drug-likeness (QED) is 0.796. The van der Waals surface area contributed by atoms with Gasteiger partial charge in [0, 0.05) is 11.0 Å². The van der Waals surface area contributed by atoms with Crippen molar-refractivity contribution in [3.63, 3.8) is 0 Å². The maximum atomic E-state index is 5.74. The fraction of sp³-hybridized carbons (Fsp3) is 0.600. The van der Waals surface area contributed by atoms with Crippen molar-refractivity contribution in [3.8, 4) is 5.75 Å². The molecule has 0 fully saturated rings. The zero-order chi connectivity index (χ0) is 13.6. The van der Waals surface area contributed by atoms with Crippen LogP contribution >= 0.6 is 15.9 Å². The summed E-state index contributed by atoms with van der Waals surface area (Å²) in [5.41, 5.74) is 1.56. The Morgan fingerprint density at radius 3 is 2.56 bits per heavy atom. The average Bonchev–Trinajstić information content (AvgIpc) is 2.24. The maximum absolute atomic E-state index is 5.74. The first-order chi connectivity index (χ1) is 8.38. The minimum Gasteiger partial charge on any atom is -0.492 e. The van der Waals surface area contributed by atoms with E-state index < -0.39 is 0 Å². The molecule has 3 heteroatoms. The minimum absolute atomic E-state index is 0.399. The van der Waals surface area contributed by atoms with Gasteiger partial charge in [-0.2, -0.15) is 0 Å². The molecule has 18 heavy (non-hydrogen) atoms. The molecule has 0 spiro atoms. The van der Waals surface area contributed by atoms with Crippen molar-refractivity contribution in [2.24, 2.45) is 5.41 Å². The molecule has 0 amide bonds. The van der Waals surface area contributed by atoms with Crippen molar-refractivity contribution in [2.45, 2.75) is 34.1 Å². The summed E-state index contributed by atoms with van der Waals surface area (Å²) in [7, 11) is 0. The predicted octanol–water partition coefficient (Wildman–Crippen LogP) is 4.16. The highest BCUT2D eigenvalue weighted by molar-refractivity contribution is 9.10. The third-order valence-electron chi connectivity index (χ3n) is 2.73. The molecule has 1 aromatic carbocycles. The van der Waals surface area contributed by atoms with E-state index in [0.717, 1.165) is 23.3 Å². The molecule has 0 heterocycles. The largest absolute Gasteiger partial charge is 0.492 e. The number of ether oxygens (including phenoxy) is 1. The third-order valence-corrected chi connectivity index (χ3v) is 3.22. The van der Waals surface area contributed by atoms with Crippen LogP contribution in [0.4, 0.5) is 0 Å². The van der Waals surface area contributed by atoms with Gasteiger partial charge in [-0.05, 0) is 49.1 Å². The van der Waals surface area contributed by atoms with Crippen molar-refractivity contribution >= 4 is 15.9 Å². The number of halogens is 1. The normalized spacial score (nSPS) is 11.6. The molecule has 0 saturated carbocycles. The van der Waals surface area contributed by atoms with E-state index in [-0.39, 0.29) is 0 Å². The summed E-state index contributed by atoms with van der Waals surface area (Å²) in [6.45, 7) is 11.5. The molecule has 0 aliphatic heterocycles. The van der Waals surface area contributed by atoms with E-state index in [9.17, 15) is 0 Å².